The summed E-state index contributed by atoms with van der Waals surface area (Å²) in [5.41, 5.74) is 1.31. The molecular formula is C18H28N2O2. The third-order valence-corrected chi connectivity index (χ3v) is 3.77. The van der Waals surface area contributed by atoms with Crippen molar-refractivity contribution in [3.05, 3.63) is 35.9 Å². The monoisotopic (exact) mass is 304 g/mol. The molecule has 1 heterocycles. The standard InChI is InChI=1S/C18H28N2O2/c1-18(2,3)12-16(14-7-5-4-6-8-14)20-17(21)11-15-13-19-9-10-22-15/h4-8,15-16,19H,9-13H2,1-3H3,(H,20,21). The van der Waals surface area contributed by atoms with Crippen LogP contribution in [0.25, 0.3) is 0 Å². The van der Waals surface area contributed by atoms with Gasteiger partial charge in [0.1, 0.15) is 0 Å². The van der Waals surface area contributed by atoms with E-state index in [0.717, 1.165) is 25.1 Å². The number of hydrogen-bond acceptors (Lipinski definition) is 3. The predicted octanol–water partition coefficient (Wildman–Crippen LogP) is 2.66. The first kappa shape index (κ1) is 17.0. The van der Waals surface area contributed by atoms with Gasteiger partial charge in [0.15, 0.2) is 0 Å². The quantitative estimate of drug-likeness (QED) is 0.879. The van der Waals surface area contributed by atoms with E-state index in [-0.39, 0.29) is 23.5 Å². The van der Waals surface area contributed by atoms with Crippen LogP contribution in [-0.4, -0.2) is 31.7 Å². The average Bonchev–Trinajstić information content (AvgIpc) is 2.47. The maximum atomic E-state index is 12.4. The lowest BCUT2D eigenvalue weighted by molar-refractivity contribution is -0.125. The number of carbonyl (C=O) groups excluding carboxylic acids is 1. The number of morpholine rings is 1. The van der Waals surface area contributed by atoms with E-state index in [0.29, 0.717) is 13.0 Å². The average molecular weight is 304 g/mol. The molecule has 2 rings (SSSR count). The lowest BCUT2D eigenvalue weighted by Gasteiger charge is -2.28. The van der Waals surface area contributed by atoms with Crippen LogP contribution in [0, 0.1) is 5.41 Å². The zero-order valence-electron chi connectivity index (χ0n) is 13.9. The Labute approximate surface area is 133 Å². The first-order valence-corrected chi connectivity index (χ1v) is 8.11. The Morgan fingerprint density at radius 3 is 2.68 bits per heavy atom. The molecule has 0 bridgehead atoms. The Morgan fingerprint density at radius 2 is 2.09 bits per heavy atom. The summed E-state index contributed by atoms with van der Waals surface area (Å²) in [5, 5.41) is 6.45. The lowest BCUT2D eigenvalue weighted by atomic mass is 9.85. The van der Waals surface area contributed by atoms with Crippen LogP contribution in [0.3, 0.4) is 0 Å². The van der Waals surface area contributed by atoms with Crippen molar-refractivity contribution in [2.75, 3.05) is 19.7 Å². The number of amides is 1. The largest absolute Gasteiger partial charge is 0.375 e. The minimum atomic E-state index is -0.0141. The second-order valence-electron chi connectivity index (χ2n) is 7.20. The number of carbonyl (C=O) groups is 1. The molecule has 1 saturated heterocycles. The van der Waals surface area contributed by atoms with E-state index >= 15 is 0 Å². The van der Waals surface area contributed by atoms with Gasteiger partial charge in [0.2, 0.25) is 5.91 Å². The normalized spacial score (nSPS) is 20.4. The van der Waals surface area contributed by atoms with Crippen LogP contribution in [0.2, 0.25) is 0 Å². The van der Waals surface area contributed by atoms with Crippen LogP contribution in [0.5, 0.6) is 0 Å². The summed E-state index contributed by atoms with van der Waals surface area (Å²) in [7, 11) is 0. The highest BCUT2D eigenvalue weighted by molar-refractivity contribution is 5.77. The van der Waals surface area contributed by atoms with Crippen molar-refractivity contribution in [2.24, 2.45) is 5.41 Å². The van der Waals surface area contributed by atoms with E-state index in [1.807, 2.05) is 18.2 Å². The minimum absolute atomic E-state index is 0.0141. The van der Waals surface area contributed by atoms with Crippen LogP contribution < -0.4 is 10.6 Å². The molecule has 0 aromatic heterocycles. The molecule has 1 aromatic carbocycles. The highest BCUT2D eigenvalue weighted by Crippen LogP contribution is 2.29. The molecule has 1 aliphatic heterocycles. The van der Waals surface area contributed by atoms with E-state index in [2.05, 4.69) is 43.5 Å². The summed E-state index contributed by atoms with van der Waals surface area (Å²) in [4.78, 5) is 12.4. The molecule has 0 spiro atoms. The fraction of sp³-hybridized carbons (Fsp3) is 0.611. The van der Waals surface area contributed by atoms with Gasteiger partial charge in [-0.3, -0.25) is 4.79 Å². The van der Waals surface area contributed by atoms with E-state index < -0.39 is 0 Å². The molecule has 122 valence electrons. The maximum absolute atomic E-state index is 12.4. The topological polar surface area (TPSA) is 50.4 Å². The van der Waals surface area contributed by atoms with E-state index in [1.165, 1.54) is 0 Å². The fourth-order valence-electron chi connectivity index (χ4n) is 2.76. The smallest absolute Gasteiger partial charge is 0.223 e. The maximum Gasteiger partial charge on any atom is 0.223 e. The van der Waals surface area contributed by atoms with Gasteiger partial charge in [-0.05, 0) is 17.4 Å². The van der Waals surface area contributed by atoms with Gasteiger partial charge in [0.05, 0.1) is 25.2 Å². The number of hydrogen-bond donors (Lipinski definition) is 2. The molecule has 4 heteroatoms. The zero-order valence-corrected chi connectivity index (χ0v) is 13.9. The van der Waals surface area contributed by atoms with Crippen molar-refractivity contribution >= 4 is 5.91 Å². The SMILES string of the molecule is CC(C)(C)CC(NC(=O)CC1CNCCO1)c1ccccc1. The molecule has 1 aromatic rings. The van der Waals surface area contributed by atoms with Gasteiger partial charge >= 0.3 is 0 Å². The van der Waals surface area contributed by atoms with Crippen LogP contribution in [0.1, 0.15) is 45.2 Å². The minimum Gasteiger partial charge on any atom is -0.375 e. The van der Waals surface area contributed by atoms with Crippen molar-refractivity contribution < 1.29 is 9.53 Å². The van der Waals surface area contributed by atoms with Crippen LogP contribution >= 0.6 is 0 Å². The zero-order chi connectivity index (χ0) is 16.0. The van der Waals surface area contributed by atoms with Crippen molar-refractivity contribution in [3.8, 4) is 0 Å². The van der Waals surface area contributed by atoms with Gasteiger partial charge in [-0.1, -0.05) is 51.1 Å². The summed E-state index contributed by atoms with van der Waals surface area (Å²) < 4.78 is 5.61. The highest BCUT2D eigenvalue weighted by Gasteiger charge is 2.24. The van der Waals surface area contributed by atoms with Crippen molar-refractivity contribution in [2.45, 2.75) is 45.8 Å². The fourth-order valence-corrected chi connectivity index (χ4v) is 2.76. The summed E-state index contributed by atoms with van der Waals surface area (Å²) in [6, 6.07) is 10.2. The molecule has 0 aliphatic carbocycles. The van der Waals surface area contributed by atoms with Gasteiger partial charge in [0.25, 0.3) is 0 Å². The van der Waals surface area contributed by atoms with Crippen molar-refractivity contribution in [3.63, 3.8) is 0 Å². The molecule has 1 aliphatic rings. The van der Waals surface area contributed by atoms with Gasteiger partial charge in [-0.25, -0.2) is 0 Å². The second-order valence-corrected chi connectivity index (χ2v) is 7.20. The predicted molar refractivity (Wildman–Crippen MR) is 88.6 cm³/mol. The first-order valence-electron chi connectivity index (χ1n) is 8.11. The lowest BCUT2D eigenvalue weighted by Crippen LogP contribution is -2.42. The van der Waals surface area contributed by atoms with E-state index in [1.54, 1.807) is 0 Å². The van der Waals surface area contributed by atoms with Crippen molar-refractivity contribution in [1.82, 2.24) is 10.6 Å². The van der Waals surface area contributed by atoms with Gasteiger partial charge in [-0.15, -0.1) is 0 Å². The number of rotatable bonds is 5. The Balaban J connectivity index is 1.97. The molecular weight excluding hydrogens is 276 g/mol. The Morgan fingerprint density at radius 1 is 1.36 bits per heavy atom. The van der Waals surface area contributed by atoms with Gasteiger partial charge in [-0.2, -0.15) is 0 Å². The third kappa shape index (κ3) is 5.78. The van der Waals surface area contributed by atoms with Crippen LogP contribution in [-0.2, 0) is 9.53 Å². The van der Waals surface area contributed by atoms with Crippen LogP contribution in [0.15, 0.2) is 30.3 Å². The number of benzene rings is 1. The highest BCUT2D eigenvalue weighted by atomic mass is 16.5. The second kappa shape index (κ2) is 7.75. The van der Waals surface area contributed by atoms with Crippen molar-refractivity contribution in [1.29, 1.82) is 0 Å². The Kier molecular flexibility index (Phi) is 5.98. The molecule has 0 radical (unpaired) electrons. The first-order chi connectivity index (χ1) is 10.4. The third-order valence-electron chi connectivity index (χ3n) is 3.77. The molecule has 2 atom stereocenters. The molecule has 0 saturated carbocycles. The summed E-state index contributed by atoms with van der Waals surface area (Å²) >= 11 is 0. The number of ether oxygens (including phenoxy) is 1. The molecule has 2 N–H and O–H groups in total. The van der Waals surface area contributed by atoms with Crippen LogP contribution in [0.4, 0.5) is 0 Å². The van der Waals surface area contributed by atoms with E-state index in [4.69, 9.17) is 4.74 Å². The molecule has 4 nitrogen and oxygen atoms in total. The molecule has 1 amide bonds. The summed E-state index contributed by atoms with van der Waals surface area (Å²) in [6.45, 7) is 8.90. The molecule has 2 unspecified atom stereocenters. The summed E-state index contributed by atoms with van der Waals surface area (Å²) in [5.74, 6) is 0.0619. The molecule has 22 heavy (non-hydrogen) atoms. The van der Waals surface area contributed by atoms with E-state index in [9.17, 15) is 4.79 Å². The Bertz CT molecular complexity index is 462. The van der Waals surface area contributed by atoms with Gasteiger partial charge in [0, 0.05) is 13.1 Å². The number of nitrogens with one attached hydrogen (secondary N) is 2. The van der Waals surface area contributed by atoms with Gasteiger partial charge < -0.3 is 15.4 Å². The molecule has 1 fully saturated rings. The Hall–Kier alpha value is -1.39. The summed E-state index contributed by atoms with van der Waals surface area (Å²) in [6.07, 6.45) is 1.31.